The Kier molecular flexibility index (Phi) is 2.66. The van der Waals surface area contributed by atoms with Gasteiger partial charge in [-0.15, -0.1) is 11.3 Å². The molecule has 0 bridgehead atoms. The molecule has 5 nitrogen and oxygen atoms in total. The first-order valence-corrected chi connectivity index (χ1v) is 6.76. The molecule has 0 spiro atoms. The lowest BCUT2D eigenvalue weighted by Gasteiger charge is -2.23. The van der Waals surface area contributed by atoms with Gasteiger partial charge in [-0.1, -0.05) is 0 Å². The lowest BCUT2D eigenvalue weighted by molar-refractivity contribution is -0.138. The van der Waals surface area contributed by atoms with Gasteiger partial charge in [0.2, 0.25) is 0 Å². The van der Waals surface area contributed by atoms with Gasteiger partial charge in [-0.2, -0.15) is 0 Å². The van der Waals surface area contributed by atoms with Crippen LogP contribution in [0.15, 0.2) is 11.4 Å². The van der Waals surface area contributed by atoms with Crippen LogP contribution in [0.5, 0.6) is 0 Å². The molecule has 1 fully saturated rings. The van der Waals surface area contributed by atoms with Crippen LogP contribution in [-0.2, 0) is 4.79 Å². The van der Waals surface area contributed by atoms with Crippen LogP contribution >= 0.6 is 11.3 Å². The molecule has 1 aliphatic rings. The molecule has 0 aliphatic carbocycles. The number of fused-ring (bicyclic) bond motifs is 1. The molecule has 0 amide bonds. The van der Waals surface area contributed by atoms with Gasteiger partial charge in [0.05, 0.1) is 10.2 Å². The van der Waals surface area contributed by atoms with Crippen molar-refractivity contribution in [1.82, 2.24) is 9.97 Å². The van der Waals surface area contributed by atoms with Crippen LogP contribution in [0.3, 0.4) is 0 Å². The predicted octanol–water partition coefficient (Wildman–Crippen LogP) is 2.05. The minimum absolute atomic E-state index is 0.454. The Balaban J connectivity index is 2.13. The fourth-order valence-electron chi connectivity index (χ4n) is 2.43. The quantitative estimate of drug-likeness (QED) is 0.898. The van der Waals surface area contributed by atoms with Crippen molar-refractivity contribution >= 4 is 33.3 Å². The molecule has 0 saturated carbocycles. The Morgan fingerprint density at radius 3 is 3.17 bits per heavy atom. The molecule has 0 unspecified atom stereocenters. The number of carbonyl (C=O) groups is 1. The number of hydrogen-bond donors (Lipinski definition) is 1. The van der Waals surface area contributed by atoms with Crippen molar-refractivity contribution < 1.29 is 9.90 Å². The lowest BCUT2D eigenvalue weighted by atomic mass is 10.2. The number of hydrogen-bond acceptors (Lipinski definition) is 5. The molecule has 6 heteroatoms. The van der Waals surface area contributed by atoms with E-state index in [4.69, 9.17) is 0 Å². The number of thiophene rings is 1. The second kappa shape index (κ2) is 4.20. The van der Waals surface area contributed by atoms with Crippen LogP contribution in [0.1, 0.15) is 18.7 Å². The standard InChI is InChI=1S/C12H13N3O2S/c1-7-13-8-4-6-18-10(8)11(14-7)15-5-2-3-9(15)12(16)17/h4,6,9H,2-3,5H2,1H3,(H,16,17)/t9-/m0/s1. The second-order valence-electron chi connectivity index (χ2n) is 4.42. The first-order valence-electron chi connectivity index (χ1n) is 5.88. The summed E-state index contributed by atoms with van der Waals surface area (Å²) in [6.45, 7) is 2.59. The Bertz CT molecular complexity index is 610. The van der Waals surface area contributed by atoms with Crippen molar-refractivity contribution in [2.24, 2.45) is 0 Å². The minimum atomic E-state index is -0.770. The molecule has 0 radical (unpaired) electrons. The molecule has 1 aliphatic heterocycles. The van der Waals surface area contributed by atoms with Gasteiger partial charge in [-0.05, 0) is 31.2 Å². The highest BCUT2D eigenvalue weighted by Crippen LogP contribution is 2.33. The van der Waals surface area contributed by atoms with Gasteiger partial charge in [-0.25, -0.2) is 14.8 Å². The number of aliphatic carboxylic acids is 1. The fraction of sp³-hybridized carbons (Fsp3) is 0.417. The lowest BCUT2D eigenvalue weighted by Crippen LogP contribution is -2.36. The third-order valence-corrected chi connectivity index (χ3v) is 4.11. The van der Waals surface area contributed by atoms with Gasteiger partial charge in [0, 0.05) is 6.54 Å². The number of aryl methyl sites for hydroxylation is 1. The molecule has 1 N–H and O–H groups in total. The summed E-state index contributed by atoms with van der Waals surface area (Å²) in [5.41, 5.74) is 0.901. The van der Waals surface area contributed by atoms with Crippen molar-refractivity contribution in [1.29, 1.82) is 0 Å². The molecule has 1 atom stereocenters. The molecule has 2 aromatic heterocycles. The summed E-state index contributed by atoms with van der Waals surface area (Å²) in [5, 5.41) is 11.2. The van der Waals surface area contributed by atoms with Crippen LogP contribution in [-0.4, -0.2) is 33.6 Å². The van der Waals surface area contributed by atoms with Crippen molar-refractivity contribution in [2.45, 2.75) is 25.8 Å². The van der Waals surface area contributed by atoms with E-state index in [1.807, 2.05) is 23.3 Å². The monoisotopic (exact) mass is 263 g/mol. The molecule has 3 rings (SSSR count). The molecule has 94 valence electrons. The van der Waals surface area contributed by atoms with E-state index >= 15 is 0 Å². The number of carboxylic acid groups (broad SMARTS) is 1. The summed E-state index contributed by atoms with van der Waals surface area (Å²) in [7, 11) is 0. The summed E-state index contributed by atoms with van der Waals surface area (Å²) >= 11 is 1.56. The van der Waals surface area contributed by atoms with E-state index in [1.54, 1.807) is 11.3 Å². The highest BCUT2D eigenvalue weighted by atomic mass is 32.1. The summed E-state index contributed by atoms with van der Waals surface area (Å²) < 4.78 is 0.980. The Morgan fingerprint density at radius 2 is 2.39 bits per heavy atom. The maximum atomic E-state index is 11.3. The Morgan fingerprint density at radius 1 is 1.56 bits per heavy atom. The van der Waals surface area contributed by atoms with E-state index in [2.05, 4.69) is 9.97 Å². The van der Waals surface area contributed by atoms with Crippen LogP contribution in [0.25, 0.3) is 10.2 Å². The zero-order valence-electron chi connectivity index (χ0n) is 9.96. The predicted molar refractivity (Wildman–Crippen MR) is 70.2 cm³/mol. The Hall–Kier alpha value is -1.69. The van der Waals surface area contributed by atoms with E-state index in [-0.39, 0.29) is 0 Å². The summed E-state index contributed by atoms with van der Waals surface area (Å²) in [6.07, 6.45) is 1.58. The van der Waals surface area contributed by atoms with E-state index in [0.29, 0.717) is 12.2 Å². The zero-order chi connectivity index (χ0) is 12.7. The number of rotatable bonds is 2. The SMILES string of the molecule is Cc1nc(N2CCC[C@H]2C(=O)O)c2sccc2n1. The molecule has 0 aromatic carbocycles. The van der Waals surface area contributed by atoms with E-state index < -0.39 is 12.0 Å². The molecule has 18 heavy (non-hydrogen) atoms. The number of anilines is 1. The van der Waals surface area contributed by atoms with Gasteiger partial charge in [0.25, 0.3) is 0 Å². The van der Waals surface area contributed by atoms with Crippen molar-refractivity contribution in [3.05, 3.63) is 17.3 Å². The summed E-state index contributed by atoms with van der Waals surface area (Å²) in [6, 6.07) is 1.49. The van der Waals surface area contributed by atoms with Gasteiger partial charge in [-0.3, -0.25) is 0 Å². The van der Waals surface area contributed by atoms with Gasteiger partial charge in [0.1, 0.15) is 11.9 Å². The van der Waals surface area contributed by atoms with Crippen LogP contribution in [0.2, 0.25) is 0 Å². The van der Waals surface area contributed by atoms with E-state index in [9.17, 15) is 9.90 Å². The van der Waals surface area contributed by atoms with Crippen molar-refractivity contribution in [3.8, 4) is 0 Å². The van der Waals surface area contributed by atoms with Crippen LogP contribution in [0, 0.1) is 6.92 Å². The van der Waals surface area contributed by atoms with Gasteiger partial charge >= 0.3 is 5.97 Å². The Labute approximate surface area is 108 Å². The first kappa shape index (κ1) is 11.4. The van der Waals surface area contributed by atoms with Gasteiger partial charge in [0.15, 0.2) is 5.82 Å². The molecule has 2 aromatic rings. The van der Waals surface area contributed by atoms with Crippen LogP contribution < -0.4 is 4.90 Å². The number of nitrogens with zero attached hydrogens (tertiary/aromatic N) is 3. The fourth-order valence-corrected chi connectivity index (χ4v) is 3.27. The van der Waals surface area contributed by atoms with Crippen molar-refractivity contribution in [2.75, 3.05) is 11.4 Å². The molecule has 1 saturated heterocycles. The molecular formula is C12H13N3O2S. The van der Waals surface area contributed by atoms with Crippen molar-refractivity contribution in [3.63, 3.8) is 0 Å². The minimum Gasteiger partial charge on any atom is -0.480 e. The maximum absolute atomic E-state index is 11.3. The summed E-state index contributed by atoms with van der Waals surface area (Å²) in [5.74, 6) is 0.692. The number of aromatic nitrogens is 2. The van der Waals surface area contributed by atoms with Crippen LogP contribution in [0.4, 0.5) is 5.82 Å². The summed E-state index contributed by atoms with van der Waals surface area (Å²) in [4.78, 5) is 22.0. The number of carboxylic acids is 1. The normalized spacial score (nSPS) is 19.6. The van der Waals surface area contributed by atoms with Gasteiger partial charge < -0.3 is 10.0 Å². The highest BCUT2D eigenvalue weighted by Gasteiger charge is 2.32. The molecular weight excluding hydrogens is 250 g/mol. The first-order chi connectivity index (χ1) is 8.66. The van der Waals surface area contributed by atoms with E-state index in [0.717, 1.165) is 29.0 Å². The smallest absolute Gasteiger partial charge is 0.326 e. The third kappa shape index (κ3) is 1.73. The highest BCUT2D eigenvalue weighted by molar-refractivity contribution is 7.17. The average molecular weight is 263 g/mol. The topological polar surface area (TPSA) is 66.3 Å². The zero-order valence-corrected chi connectivity index (χ0v) is 10.8. The molecule has 3 heterocycles. The largest absolute Gasteiger partial charge is 0.480 e. The second-order valence-corrected chi connectivity index (χ2v) is 5.34. The third-order valence-electron chi connectivity index (χ3n) is 3.21. The van der Waals surface area contributed by atoms with E-state index in [1.165, 1.54) is 0 Å². The average Bonchev–Trinajstić information content (AvgIpc) is 2.95. The maximum Gasteiger partial charge on any atom is 0.326 e.